The SMILES string of the molecule is CC1CN(c2nccc([C@@H]3CN(Cc4ccccc4)C[C@H]3C(=O)N(C)C)n2)CC(C)O1. The zero-order chi connectivity index (χ0) is 22.0. The van der Waals surface area contributed by atoms with Gasteiger partial charge in [-0.3, -0.25) is 9.69 Å². The minimum Gasteiger partial charge on any atom is -0.372 e. The molecule has 3 heterocycles. The Labute approximate surface area is 185 Å². The van der Waals surface area contributed by atoms with Gasteiger partial charge in [0.1, 0.15) is 0 Å². The van der Waals surface area contributed by atoms with Crippen molar-refractivity contribution in [3.63, 3.8) is 0 Å². The standard InChI is InChI=1S/C24H33N5O2/c1-17-12-29(13-18(2)31-17)24-25-11-10-22(26-24)20-15-28(14-19-8-6-5-7-9-19)16-21(20)23(30)27(3)4/h5-11,17-18,20-21H,12-16H2,1-4H3/t17?,18?,20-,21-/m1/s1. The summed E-state index contributed by atoms with van der Waals surface area (Å²) in [7, 11) is 3.67. The summed E-state index contributed by atoms with van der Waals surface area (Å²) in [4.78, 5) is 28.8. The third-order valence-corrected chi connectivity index (χ3v) is 6.15. The second-order valence-corrected chi connectivity index (χ2v) is 9.07. The van der Waals surface area contributed by atoms with Crippen LogP contribution in [0.25, 0.3) is 0 Å². The molecular weight excluding hydrogens is 390 g/mol. The van der Waals surface area contributed by atoms with E-state index in [9.17, 15) is 4.79 Å². The van der Waals surface area contributed by atoms with Crippen molar-refractivity contribution in [3.05, 3.63) is 53.9 Å². The van der Waals surface area contributed by atoms with Crippen LogP contribution in [0.4, 0.5) is 5.95 Å². The second-order valence-electron chi connectivity index (χ2n) is 9.07. The molecule has 2 aliphatic rings. The third kappa shape index (κ3) is 5.05. The van der Waals surface area contributed by atoms with Gasteiger partial charge in [0.25, 0.3) is 0 Å². The topological polar surface area (TPSA) is 61.8 Å². The molecule has 2 saturated heterocycles. The van der Waals surface area contributed by atoms with Crippen molar-refractivity contribution in [3.8, 4) is 0 Å². The van der Waals surface area contributed by atoms with Crippen LogP contribution in [0.15, 0.2) is 42.6 Å². The maximum absolute atomic E-state index is 13.0. The zero-order valence-corrected chi connectivity index (χ0v) is 18.9. The fraction of sp³-hybridized carbons (Fsp3) is 0.542. The number of rotatable bonds is 5. The molecule has 2 fully saturated rings. The fourth-order valence-corrected chi connectivity index (χ4v) is 4.80. The lowest BCUT2D eigenvalue weighted by Crippen LogP contribution is -2.46. The Hall–Kier alpha value is -2.51. The van der Waals surface area contributed by atoms with Crippen LogP contribution in [-0.4, -0.2) is 78.2 Å². The summed E-state index contributed by atoms with van der Waals surface area (Å²) in [5.41, 5.74) is 2.21. The molecule has 2 aliphatic heterocycles. The van der Waals surface area contributed by atoms with Crippen molar-refractivity contribution in [1.29, 1.82) is 0 Å². The van der Waals surface area contributed by atoms with Gasteiger partial charge in [0.2, 0.25) is 11.9 Å². The Balaban J connectivity index is 1.57. The van der Waals surface area contributed by atoms with Crippen LogP contribution < -0.4 is 4.90 Å². The lowest BCUT2D eigenvalue weighted by molar-refractivity contribution is -0.133. The molecular formula is C24H33N5O2. The molecule has 1 aromatic carbocycles. The number of hydrogen-bond acceptors (Lipinski definition) is 6. The summed E-state index contributed by atoms with van der Waals surface area (Å²) in [6.45, 7) is 8.10. The van der Waals surface area contributed by atoms with E-state index in [2.05, 4.69) is 52.9 Å². The molecule has 4 rings (SSSR count). The van der Waals surface area contributed by atoms with E-state index in [0.717, 1.165) is 44.4 Å². The maximum atomic E-state index is 13.0. The first-order valence-electron chi connectivity index (χ1n) is 11.1. The number of carbonyl (C=O) groups is 1. The Kier molecular flexibility index (Phi) is 6.53. The molecule has 0 radical (unpaired) electrons. The van der Waals surface area contributed by atoms with E-state index < -0.39 is 0 Å². The number of amides is 1. The fourth-order valence-electron chi connectivity index (χ4n) is 4.80. The first kappa shape index (κ1) is 21.7. The molecule has 31 heavy (non-hydrogen) atoms. The molecule has 7 nitrogen and oxygen atoms in total. The highest BCUT2D eigenvalue weighted by atomic mass is 16.5. The van der Waals surface area contributed by atoms with Crippen LogP contribution in [0, 0.1) is 5.92 Å². The smallest absolute Gasteiger partial charge is 0.227 e. The highest BCUT2D eigenvalue weighted by Gasteiger charge is 2.40. The minimum absolute atomic E-state index is 0.0521. The van der Waals surface area contributed by atoms with E-state index in [1.165, 1.54) is 5.56 Å². The van der Waals surface area contributed by atoms with Gasteiger partial charge in [-0.15, -0.1) is 0 Å². The summed E-state index contributed by atoms with van der Waals surface area (Å²) in [6.07, 6.45) is 2.12. The van der Waals surface area contributed by atoms with Crippen molar-refractivity contribution in [2.24, 2.45) is 5.92 Å². The van der Waals surface area contributed by atoms with Crippen molar-refractivity contribution in [1.82, 2.24) is 19.8 Å². The molecule has 4 atom stereocenters. The van der Waals surface area contributed by atoms with Crippen molar-refractivity contribution in [2.75, 3.05) is 45.2 Å². The predicted octanol–water partition coefficient (Wildman–Crippen LogP) is 2.39. The first-order valence-corrected chi connectivity index (χ1v) is 11.1. The molecule has 1 amide bonds. The highest BCUT2D eigenvalue weighted by molar-refractivity contribution is 5.80. The maximum Gasteiger partial charge on any atom is 0.227 e. The van der Waals surface area contributed by atoms with Crippen LogP contribution in [-0.2, 0) is 16.1 Å². The van der Waals surface area contributed by atoms with Gasteiger partial charge >= 0.3 is 0 Å². The molecule has 0 saturated carbocycles. The van der Waals surface area contributed by atoms with Crippen molar-refractivity contribution in [2.45, 2.75) is 38.5 Å². The van der Waals surface area contributed by atoms with Crippen molar-refractivity contribution < 1.29 is 9.53 Å². The lowest BCUT2D eigenvalue weighted by atomic mass is 9.91. The molecule has 1 aromatic heterocycles. The van der Waals surface area contributed by atoms with Crippen LogP contribution in [0.2, 0.25) is 0 Å². The summed E-state index contributed by atoms with van der Waals surface area (Å²) in [6, 6.07) is 12.4. The number of anilines is 1. The predicted molar refractivity (Wildman–Crippen MR) is 121 cm³/mol. The molecule has 2 unspecified atom stereocenters. The van der Waals surface area contributed by atoms with Gasteiger partial charge in [0.15, 0.2) is 0 Å². The normalized spacial score (nSPS) is 26.8. The molecule has 7 heteroatoms. The Morgan fingerprint density at radius 2 is 1.77 bits per heavy atom. The number of nitrogens with zero attached hydrogens (tertiary/aromatic N) is 5. The highest BCUT2D eigenvalue weighted by Crippen LogP contribution is 2.34. The second kappa shape index (κ2) is 9.32. The van der Waals surface area contributed by atoms with Gasteiger partial charge < -0.3 is 14.5 Å². The molecule has 2 aromatic rings. The molecule has 0 spiro atoms. The van der Waals surface area contributed by atoms with Crippen LogP contribution in [0.3, 0.4) is 0 Å². The number of likely N-dealkylation sites (tertiary alicyclic amines) is 1. The quantitative estimate of drug-likeness (QED) is 0.736. The van der Waals surface area contributed by atoms with Crippen LogP contribution in [0.5, 0.6) is 0 Å². The Morgan fingerprint density at radius 1 is 1.06 bits per heavy atom. The lowest BCUT2D eigenvalue weighted by Gasteiger charge is -2.35. The van der Waals surface area contributed by atoms with E-state index in [-0.39, 0.29) is 30.0 Å². The number of benzene rings is 1. The molecule has 0 aliphatic carbocycles. The van der Waals surface area contributed by atoms with Gasteiger partial charge in [-0.25, -0.2) is 9.97 Å². The van der Waals surface area contributed by atoms with Crippen molar-refractivity contribution >= 4 is 11.9 Å². The van der Waals surface area contributed by atoms with E-state index in [1.54, 1.807) is 4.90 Å². The molecule has 0 bridgehead atoms. The average Bonchev–Trinajstić information content (AvgIpc) is 3.17. The largest absolute Gasteiger partial charge is 0.372 e. The number of hydrogen-bond donors (Lipinski definition) is 0. The van der Waals surface area contributed by atoms with Gasteiger partial charge in [-0.2, -0.15) is 0 Å². The van der Waals surface area contributed by atoms with Crippen LogP contribution >= 0.6 is 0 Å². The number of aromatic nitrogens is 2. The van der Waals surface area contributed by atoms with E-state index in [4.69, 9.17) is 9.72 Å². The van der Waals surface area contributed by atoms with Crippen LogP contribution in [0.1, 0.15) is 31.0 Å². The monoisotopic (exact) mass is 423 g/mol. The number of carbonyl (C=O) groups excluding carboxylic acids is 1. The molecule has 166 valence electrons. The van der Waals surface area contributed by atoms with E-state index in [0.29, 0.717) is 0 Å². The number of ether oxygens (including phenoxy) is 1. The van der Waals surface area contributed by atoms with Gasteiger partial charge in [0, 0.05) is 58.9 Å². The average molecular weight is 424 g/mol. The summed E-state index contributed by atoms with van der Waals surface area (Å²) in [5, 5.41) is 0. The zero-order valence-electron chi connectivity index (χ0n) is 18.9. The summed E-state index contributed by atoms with van der Waals surface area (Å²) >= 11 is 0. The van der Waals surface area contributed by atoms with Gasteiger partial charge in [0.05, 0.1) is 23.8 Å². The Morgan fingerprint density at radius 3 is 2.45 bits per heavy atom. The Bertz CT molecular complexity index is 881. The van der Waals surface area contributed by atoms with Gasteiger partial charge in [-0.05, 0) is 25.5 Å². The van der Waals surface area contributed by atoms with E-state index >= 15 is 0 Å². The summed E-state index contributed by atoms with van der Waals surface area (Å²) < 4.78 is 5.86. The first-order chi connectivity index (χ1) is 14.9. The summed E-state index contributed by atoms with van der Waals surface area (Å²) in [5.74, 6) is 0.839. The third-order valence-electron chi connectivity index (χ3n) is 6.15. The molecule has 0 N–H and O–H groups in total. The van der Waals surface area contributed by atoms with E-state index in [1.807, 2.05) is 32.4 Å². The number of morpholine rings is 1. The minimum atomic E-state index is -0.107. The van der Waals surface area contributed by atoms with Gasteiger partial charge in [-0.1, -0.05) is 30.3 Å².